The number of nitrogens with one attached hydrogen (secondary N) is 1. The molecule has 0 heterocycles. The Balaban J connectivity index is 1.76. The molecule has 0 atom stereocenters. The van der Waals surface area contributed by atoms with E-state index in [4.69, 9.17) is 5.73 Å². The van der Waals surface area contributed by atoms with Gasteiger partial charge in [-0.15, -0.1) is 0 Å². The maximum atomic E-state index is 5.59. The van der Waals surface area contributed by atoms with Crippen LogP contribution < -0.4 is 11.1 Å². The molecule has 0 saturated carbocycles. The minimum absolute atomic E-state index is 0.612. The molecule has 0 radical (unpaired) electrons. The Morgan fingerprint density at radius 1 is 0.850 bits per heavy atom. The number of nitrogens with two attached hydrogens (primary N) is 1. The number of hydrogen-bond acceptors (Lipinski definition) is 2. The molecule has 2 nitrogen and oxygen atoms in total. The van der Waals surface area contributed by atoms with Crippen LogP contribution in [0.4, 0.5) is 0 Å². The van der Waals surface area contributed by atoms with Crippen LogP contribution in [0.25, 0.3) is 0 Å². The lowest BCUT2D eigenvalue weighted by Gasteiger charge is -2.07. The summed E-state index contributed by atoms with van der Waals surface area (Å²) in [4.78, 5) is 0. The zero-order chi connectivity index (χ0) is 14.4. The topological polar surface area (TPSA) is 38.0 Å². The molecule has 0 spiro atoms. The van der Waals surface area contributed by atoms with Crippen molar-refractivity contribution < 1.29 is 0 Å². The van der Waals surface area contributed by atoms with Crippen LogP contribution in [-0.4, -0.2) is 6.54 Å². The maximum absolute atomic E-state index is 5.59. The van der Waals surface area contributed by atoms with E-state index in [1.165, 1.54) is 27.8 Å². The molecule has 2 heteroatoms. The summed E-state index contributed by atoms with van der Waals surface area (Å²) in [5, 5.41) is 3.49. The van der Waals surface area contributed by atoms with E-state index in [-0.39, 0.29) is 0 Å². The Morgan fingerprint density at radius 3 is 2.15 bits per heavy atom. The van der Waals surface area contributed by atoms with Crippen LogP contribution in [0.1, 0.15) is 27.8 Å². The first-order valence-electron chi connectivity index (χ1n) is 7.24. The summed E-state index contributed by atoms with van der Waals surface area (Å²) in [5.74, 6) is 0. The van der Waals surface area contributed by atoms with Gasteiger partial charge in [0.25, 0.3) is 0 Å². The molecule has 106 valence electrons. The SMILES string of the molecule is Cc1ccc(CCNCc2ccc(CN)cc2)cc1C. The Kier molecular flexibility index (Phi) is 5.33. The van der Waals surface area contributed by atoms with Crippen LogP contribution in [-0.2, 0) is 19.5 Å². The highest BCUT2D eigenvalue weighted by Crippen LogP contribution is 2.10. The van der Waals surface area contributed by atoms with Gasteiger partial charge in [-0.25, -0.2) is 0 Å². The molecule has 2 aromatic rings. The average Bonchev–Trinajstić information content (AvgIpc) is 2.48. The van der Waals surface area contributed by atoms with E-state index in [1.807, 2.05) is 0 Å². The Hall–Kier alpha value is -1.64. The first kappa shape index (κ1) is 14.8. The fourth-order valence-corrected chi connectivity index (χ4v) is 2.22. The highest BCUT2D eigenvalue weighted by atomic mass is 14.8. The van der Waals surface area contributed by atoms with E-state index in [1.54, 1.807) is 0 Å². The predicted molar refractivity (Wildman–Crippen MR) is 85.7 cm³/mol. The normalized spacial score (nSPS) is 10.8. The highest BCUT2D eigenvalue weighted by molar-refractivity contribution is 5.30. The van der Waals surface area contributed by atoms with Crippen molar-refractivity contribution in [2.75, 3.05) is 6.54 Å². The van der Waals surface area contributed by atoms with E-state index >= 15 is 0 Å². The third-order valence-electron chi connectivity index (χ3n) is 3.75. The Morgan fingerprint density at radius 2 is 1.50 bits per heavy atom. The molecule has 0 aliphatic heterocycles. The molecule has 0 bridgehead atoms. The van der Waals surface area contributed by atoms with E-state index in [2.05, 4.69) is 61.6 Å². The lowest BCUT2D eigenvalue weighted by atomic mass is 10.0. The molecule has 0 aromatic heterocycles. The maximum Gasteiger partial charge on any atom is 0.0205 e. The Bertz CT molecular complexity index is 544. The number of rotatable bonds is 6. The summed E-state index contributed by atoms with van der Waals surface area (Å²) in [7, 11) is 0. The zero-order valence-corrected chi connectivity index (χ0v) is 12.4. The van der Waals surface area contributed by atoms with Crippen LogP contribution in [0, 0.1) is 13.8 Å². The van der Waals surface area contributed by atoms with Crippen molar-refractivity contribution in [3.8, 4) is 0 Å². The lowest BCUT2D eigenvalue weighted by Crippen LogP contribution is -2.16. The number of hydrogen-bond donors (Lipinski definition) is 2. The highest BCUT2D eigenvalue weighted by Gasteiger charge is 1.97. The summed E-state index contributed by atoms with van der Waals surface area (Å²) in [6.45, 7) is 6.85. The van der Waals surface area contributed by atoms with Gasteiger partial charge >= 0.3 is 0 Å². The van der Waals surface area contributed by atoms with Crippen LogP contribution >= 0.6 is 0 Å². The molecule has 0 saturated heterocycles. The second kappa shape index (κ2) is 7.22. The molecule has 20 heavy (non-hydrogen) atoms. The van der Waals surface area contributed by atoms with E-state index in [0.717, 1.165) is 19.5 Å². The second-order valence-electron chi connectivity index (χ2n) is 5.37. The van der Waals surface area contributed by atoms with Gasteiger partial charge in [0.15, 0.2) is 0 Å². The van der Waals surface area contributed by atoms with Crippen molar-refractivity contribution >= 4 is 0 Å². The minimum atomic E-state index is 0.612. The first-order valence-corrected chi connectivity index (χ1v) is 7.24. The van der Waals surface area contributed by atoms with Crippen molar-refractivity contribution in [1.82, 2.24) is 5.32 Å². The average molecular weight is 268 g/mol. The standard InChI is InChI=1S/C18H24N2/c1-14-3-4-16(11-15(14)2)9-10-20-13-18-7-5-17(12-19)6-8-18/h3-8,11,20H,9-10,12-13,19H2,1-2H3. The third-order valence-corrected chi connectivity index (χ3v) is 3.75. The van der Waals surface area contributed by atoms with E-state index in [0.29, 0.717) is 6.54 Å². The van der Waals surface area contributed by atoms with Gasteiger partial charge in [-0.05, 0) is 54.6 Å². The fourth-order valence-electron chi connectivity index (χ4n) is 2.22. The van der Waals surface area contributed by atoms with Gasteiger partial charge < -0.3 is 11.1 Å². The second-order valence-corrected chi connectivity index (χ2v) is 5.37. The van der Waals surface area contributed by atoms with Crippen molar-refractivity contribution in [2.24, 2.45) is 5.73 Å². The summed E-state index contributed by atoms with van der Waals surface area (Å²) >= 11 is 0. The molecule has 0 unspecified atom stereocenters. The molecular weight excluding hydrogens is 244 g/mol. The van der Waals surface area contributed by atoms with Gasteiger partial charge in [0.05, 0.1) is 0 Å². The monoisotopic (exact) mass is 268 g/mol. The number of benzene rings is 2. The van der Waals surface area contributed by atoms with Gasteiger partial charge in [0.2, 0.25) is 0 Å². The summed E-state index contributed by atoms with van der Waals surface area (Å²) in [6.07, 6.45) is 1.07. The molecule has 0 aliphatic rings. The molecule has 0 aliphatic carbocycles. The lowest BCUT2D eigenvalue weighted by molar-refractivity contribution is 0.686. The molecule has 2 rings (SSSR count). The predicted octanol–water partition coefficient (Wildman–Crippen LogP) is 3.09. The largest absolute Gasteiger partial charge is 0.326 e. The molecular formula is C18H24N2. The van der Waals surface area contributed by atoms with Gasteiger partial charge in [-0.1, -0.05) is 42.5 Å². The van der Waals surface area contributed by atoms with Gasteiger partial charge in [0.1, 0.15) is 0 Å². The molecule has 0 amide bonds. The van der Waals surface area contributed by atoms with Crippen molar-refractivity contribution in [1.29, 1.82) is 0 Å². The van der Waals surface area contributed by atoms with Crippen LogP contribution in [0.5, 0.6) is 0 Å². The molecule has 0 fully saturated rings. The van der Waals surface area contributed by atoms with Gasteiger partial charge in [-0.3, -0.25) is 0 Å². The quantitative estimate of drug-likeness (QED) is 0.790. The number of aryl methyl sites for hydroxylation is 2. The van der Waals surface area contributed by atoms with E-state index < -0.39 is 0 Å². The van der Waals surface area contributed by atoms with Crippen molar-refractivity contribution in [2.45, 2.75) is 33.4 Å². The molecule has 3 N–H and O–H groups in total. The summed E-state index contributed by atoms with van der Waals surface area (Å²) in [6, 6.07) is 15.2. The summed E-state index contributed by atoms with van der Waals surface area (Å²) in [5.41, 5.74) is 12.2. The zero-order valence-electron chi connectivity index (χ0n) is 12.4. The summed E-state index contributed by atoms with van der Waals surface area (Å²) < 4.78 is 0. The first-order chi connectivity index (χ1) is 9.69. The Labute approximate surface area is 122 Å². The molecule has 2 aromatic carbocycles. The van der Waals surface area contributed by atoms with Crippen LogP contribution in [0.3, 0.4) is 0 Å². The van der Waals surface area contributed by atoms with Crippen LogP contribution in [0.15, 0.2) is 42.5 Å². The van der Waals surface area contributed by atoms with Gasteiger partial charge in [-0.2, -0.15) is 0 Å². The third kappa shape index (κ3) is 4.19. The fraction of sp³-hybridized carbons (Fsp3) is 0.333. The van der Waals surface area contributed by atoms with E-state index in [9.17, 15) is 0 Å². The smallest absolute Gasteiger partial charge is 0.0205 e. The van der Waals surface area contributed by atoms with Crippen LogP contribution in [0.2, 0.25) is 0 Å². The van der Waals surface area contributed by atoms with Crippen molar-refractivity contribution in [3.05, 3.63) is 70.3 Å². The van der Waals surface area contributed by atoms with Crippen molar-refractivity contribution in [3.63, 3.8) is 0 Å². The van der Waals surface area contributed by atoms with Gasteiger partial charge in [0, 0.05) is 13.1 Å². The minimum Gasteiger partial charge on any atom is -0.326 e.